The Morgan fingerprint density at radius 2 is 1.69 bits per heavy atom. The quantitative estimate of drug-likeness (QED) is 0.814. The molecule has 0 fully saturated rings. The Balaban J connectivity index is 4.73. The Hall–Kier alpha value is -0.780. The highest BCUT2D eigenvalue weighted by molar-refractivity contribution is 5.82. The maximum Gasteiger partial charge on any atom is 0.406 e. The fraction of sp³-hybridized carbons (Fsp3) is 0.900. The van der Waals surface area contributed by atoms with Crippen molar-refractivity contribution in [1.82, 2.24) is 4.90 Å². The molecular weight excluding hydrogens is 221 g/mol. The Bertz CT molecular complexity index is 239. The molecule has 0 spiro atoms. The van der Waals surface area contributed by atoms with Crippen molar-refractivity contribution in [2.75, 3.05) is 6.54 Å². The number of nitrogens with zero attached hydrogens (tertiary/aromatic N) is 1. The summed E-state index contributed by atoms with van der Waals surface area (Å²) >= 11 is 0. The normalized spacial score (nSPS) is 14.4. The fourth-order valence-corrected chi connectivity index (χ4v) is 1.18. The molecule has 0 saturated carbocycles. The van der Waals surface area contributed by atoms with E-state index in [0.717, 1.165) is 4.90 Å². The van der Waals surface area contributed by atoms with Crippen LogP contribution in [0.5, 0.6) is 0 Å². The Kier molecular flexibility index (Phi) is 5.25. The van der Waals surface area contributed by atoms with E-state index in [2.05, 4.69) is 0 Å². The van der Waals surface area contributed by atoms with E-state index in [-0.39, 0.29) is 5.92 Å². The summed E-state index contributed by atoms with van der Waals surface area (Å²) in [6, 6.07) is -1.40. The van der Waals surface area contributed by atoms with Gasteiger partial charge in [-0.2, -0.15) is 13.2 Å². The van der Waals surface area contributed by atoms with Crippen molar-refractivity contribution in [1.29, 1.82) is 0 Å². The van der Waals surface area contributed by atoms with Crippen LogP contribution in [0.25, 0.3) is 0 Å². The SMILES string of the molecule is CC(C)C(N)C(=O)N(CC(F)(F)F)C(C)C. The van der Waals surface area contributed by atoms with E-state index in [9.17, 15) is 18.0 Å². The smallest absolute Gasteiger partial charge is 0.330 e. The molecule has 2 N–H and O–H groups in total. The lowest BCUT2D eigenvalue weighted by molar-refractivity contribution is -0.165. The third-order valence-corrected chi connectivity index (χ3v) is 2.26. The topological polar surface area (TPSA) is 46.3 Å². The molecule has 0 saturated heterocycles. The van der Waals surface area contributed by atoms with E-state index in [0.29, 0.717) is 0 Å². The highest BCUT2D eigenvalue weighted by Crippen LogP contribution is 2.19. The van der Waals surface area contributed by atoms with Crippen LogP contribution in [0.15, 0.2) is 0 Å². The summed E-state index contributed by atoms with van der Waals surface area (Å²) in [4.78, 5) is 12.5. The molecule has 0 bridgehead atoms. The largest absolute Gasteiger partial charge is 0.406 e. The molecule has 0 aromatic heterocycles. The van der Waals surface area contributed by atoms with Gasteiger partial charge in [-0.1, -0.05) is 13.8 Å². The lowest BCUT2D eigenvalue weighted by atomic mass is 10.0. The summed E-state index contributed by atoms with van der Waals surface area (Å²) in [7, 11) is 0. The summed E-state index contributed by atoms with van der Waals surface area (Å²) in [5.41, 5.74) is 5.56. The highest BCUT2D eigenvalue weighted by atomic mass is 19.4. The van der Waals surface area contributed by atoms with Gasteiger partial charge in [-0.05, 0) is 19.8 Å². The molecule has 16 heavy (non-hydrogen) atoms. The minimum absolute atomic E-state index is 0.179. The first-order chi connectivity index (χ1) is 7.06. The Morgan fingerprint density at radius 1 is 1.25 bits per heavy atom. The van der Waals surface area contributed by atoms with E-state index >= 15 is 0 Å². The molecule has 0 aliphatic carbocycles. The molecule has 3 nitrogen and oxygen atoms in total. The predicted molar refractivity (Wildman–Crippen MR) is 55.7 cm³/mol. The van der Waals surface area contributed by atoms with E-state index < -0.39 is 30.7 Å². The van der Waals surface area contributed by atoms with E-state index in [1.807, 2.05) is 0 Å². The molecule has 0 aliphatic rings. The number of hydrogen-bond acceptors (Lipinski definition) is 2. The van der Waals surface area contributed by atoms with Gasteiger partial charge in [0.2, 0.25) is 5.91 Å². The van der Waals surface area contributed by atoms with Crippen LogP contribution in [0.3, 0.4) is 0 Å². The summed E-state index contributed by atoms with van der Waals surface area (Å²) in [6.07, 6.45) is -4.39. The van der Waals surface area contributed by atoms with Crippen LogP contribution in [0.1, 0.15) is 27.7 Å². The van der Waals surface area contributed by atoms with Gasteiger partial charge in [-0.15, -0.1) is 0 Å². The number of carbonyl (C=O) groups excluding carboxylic acids is 1. The minimum Gasteiger partial charge on any atom is -0.330 e. The monoisotopic (exact) mass is 240 g/mol. The van der Waals surface area contributed by atoms with E-state index in [4.69, 9.17) is 5.73 Å². The predicted octanol–water partition coefficient (Wildman–Crippen LogP) is 1.77. The van der Waals surface area contributed by atoms with E-state index in [1.165, 1.54) is 13.8 Å². The van der Waals surface area contributed by atoms with Crippen LogP contribution in [0.4, 0.5) is 13.2 Å². The van der Waals surface area contributed by atoms with Crippen molar-refractivity contribution in [3.05, 3.63) is 0 Å². The number of alkyl halides is 3. The van der Waals surface area contributed by atoms with Crippen LogP contribution in [-0.4, -0.2) is 35.6 Å². The Morgan fingerprint density at radius 3 is 1.94 bits per heavy atom. The Labute approximate surface area is 93.8 Å². The van der Waals surface area contributed by atoms with Gasteiger partial charge in [0.15, 0.2) is 0 Å². The molecule has 1 unspecified atom stereocenters. The standard InChI is InChI=1S/C10H19F3N2O/c1-6(2)8(14)9(16)15(7(3)4)5-10(11,12)13/h6-8H,5,14H2,1-4H3. The number of carbonyl (C=O) groups is 1. The summed E-state index contributed by atoms with van der Waals surface area (Å²) in [6.45, 7) is 5.24. The van der Waals surface area contributed by atoms with Gasteiger partial charge in [0.25, 0.3) is 0 Å². The molecule has 0 aliphatic heterocycles. The van der Waals surface area contributed by atoms with Crippen molar-refractivity contribution >= 4 is 5.91 Å². The molecule has 6 heteroatoms. The van der Waals surface area contributed by atoms with Crippen LogP contribution in [-0.2, 0) is 4.79 Å². The molecule has 0 rings (SSSR count). The lowest BCUT2D eigenvalue weighted by Gasteiger charge is -2.31. The number of hydrogen-bond donors (Lipinski definition) is 1. The second-order valence-corrected chi connectivity index (χ2v) is 4.44. The second-order valence-electron chi connectivity index (χ2n) is 4.44. The first-order valence-corrected chi connectivity index (χ1v) is 5.19. The van der Waals surface area contributed by atoms with Crippen LogP contribution in [0, 0.1) is 5.92 Å². The summed E-state index contributed by atoms with van der Waals surface area (Å²) in [5, 5.41) is 0. The molecule has 0 radical (unpaired) electrons. The first-order valence-electron chi connectivity index (χ1n) is 5.19. The van der Waals surface area contributed by atoms with Crippen LogP contribution >= 0.6 is 0 Å². The number of halogens is 3. The van der Waals surface area contributed by atoms with Crippen LogP contribution in [0.2, 0.25) is 0 Å². The minimum atomic E-state index is -4.39. The van der Waals surface area contributed by atoms with Gasteiger partial charge in [0, 0.05) is 6.04 Å². The number of amides is 1. The molecule has 1 atom stereocenters. The zero-order valence-corrected chi connectivity index (χ0v) is 10.0. The lowest BCUT2D eigenvalue weighted by Crippen LogP contribution is -2.52. The molecule has 96 valence electrons. The third kappa shape index (κ3) is 4.83. The van der Waals surface area contributed by atoms with Gasteiger partial charge in [-0.25, -0.2) is 0 Å². The summed E-state index contributed by atoms with van der Waals surface area (Å²) < 4.78 is 36.8. The van der Waals surface area contributed by atoms with Crippen molar-refractivity contribution in [2.45, 2.75) is 46.0 Å². The van der Waals surface area contributed by atoms with Gasteiger partial charge >= 0.3 is 6.18 Å². The van der Waals surface area contributed by atoms with Crippen LogP contribution < -0.4 is 5.73 Å². The third-order valence-electron chi connectivity index (χ3n) is 2.26. The van der Waals surface area contributed by atoms with Crippen molar-refractivity contribution in [2.24, 2.45) is 11.7 Å². The van der Waals surface area contributed by atoms with Gasteiger partial charge in [0.05, 0.1) is 6.04 Å². The van der Waals surface area contributed by atoms with Crippen molar-refractivity contribution in [3.8, 4) is 0 Å². The van der Waals surface area contributed by atoms with Gasteiger partial charge in [-0.3, -0.25) is 4.79 Å². The average molecular weight is 240 g/mol. The molecule has 0 heterocycles. The van der Waals surface area contributed by atoms with Gasteiger partial charge in [0.1, 0.15) is 6.54 Å². The molecule has 0 aromatic carbocycles. The highest BCUT2D eigenvalue weighted by Gasteiger charge is 2.36. The fourth-order valence-electron chi connectivity index (χ4n) is 1.18. The second kappa shape index (κ2) is 5.52. The van der Waals surface area contributed by atoms with Gasteiger partial charge < -0.3 is 10.6 Å². The summed E-state index contributed by atoms with van der Waals surface area (Å²) in [5.74, 6) is -0.829. The maximum atomic E-state index is 12.3. The van der Waals surface area contributed by atoms with E-state index in [1.54, 1.807) is 13.8 Å². The number of nitrogens with two attached hydrogens (primary N) is 1. The number of rotatable bonds is 4. The molecular formula is C10H19F3N2O. The molecule has 0 aromatic rings. The van der Waals surface area contributed by atoms with Crippen molar-refractivity contribution < 1.29 is 18.0 Å². The van der Waals surface area contributed by atoms with Crippen molar-refractivity contribution in [3.63, 3.8) is 0 Å². The zero-order valence-electron chi connectivity index (χ0n) is 10.0. The maximum absolute atomic E-state index is 12.3. The average Bonchev–Trinajstić information content (AvgIpc) is 2.09. The first kappa shape index (κ1) is 15.2. The zero-order chi connectivity index (χ0) is 13.1. The molecule has 1 amide bonds.